The standard InChI is InChI=1S/C23H19N5O2/c1-2-20(30)28-12-15(13-28)22-21(14-7-9-24-10-8-14)17-11-18(26-27-23(17)25-22)16-5-3-4-6-19(16)29/h2-11,15,29H,1,12-13H2,(H,25,27). The van der Waals surface area contributed by atoms with Gasteiger partial charge >= 0.3 is 0 Å². The summed E-state index contributed by atoms with van der Waals surface area (Å²) < 4.78 is 0. The van der Waals surface area contributed by atoms with Gasteiger partial charge in [0.25, 0.3) is 0 Å². The number of hydrogen-bond acceptors (Lipinski definition) is 5. The number of para-hydroxylation sites is 1. The van der Waals surface area contributed by atoms with Crippen molar-refractivity contribution in [3.63, 3.8) is 0 Å². The Balaban J connectivity index is 1.65. The number of likely N-dealkylation sites (tertiary alicyclic amines) is 1. The minimum Gasteiger partial charge on any atom is -0.507 e. The number of amides is 1. The van der Waals surface area contributed by atoms with Crippen LogP contribution in [0.5, 0.6) is 5.75 Å². The number of phenols is 1. The molecule has 7 heteroatoms. The van der Waals surface area contributed by atoms with Crippen LogP contribution in [0.15, 0.2) is 67.5 Å². The minimum atomic E-state index is -0.0607. The highest BCUT2D eigenvalue weighted by Gasteiger charge is 2.34. The molecule has 148 valence electrons. The number of benzene rings is 1. The van der Waals surface area contributed by atoms with Gasteiger partial charge < -0.3 is 15.0 Å². The number of carbonyl (C=O) groups excluding carboxylic acids is 1. The van der Waals surface area contributed by atoms with Gasteiger partial charge in [-0.15, -0.1) is 10.2 Å². The number of hydrogen-bond donors (Lipinski definition) is 2. The Morgan fingerprint density at radius 1 is 1.17 bits per heavy atom. The molecule has 1 saturated heterocycles. The van der Waals surface area contributed by atoms with Crippen LogP contribution in [0.1, 0.15) is 11.6 Å². The van der Waals surface area contributed by atoms with Crippen molar-refractivity contribution in [3.8, 4) is 28.1 Å². The Hall–Kier alpha value is -4.00. The molecule has 0 unspecified atom stereocenters. The number of fused-ring (bicyclic) bond motifs is 1. The summed E-state index contributed by atoms with van der Waals surface area (Å²) in [7, 11) is 0. The number of rotatable bonds is 4. The van der Waals surface area contributed by atoms with Gasteiger partial charge in [-0.3, -0.25) is 9.78 Å². The summed E-state index contributed by atoms with van der Waals surface area (Å²) in [4.78, 5) is 21.2. The second kappa shape index (κ2) is 7.11. The van der Waals surface area contributed by atoms with Gasteiger partial charge in [0.1, 0.15) is 5.75 Å². The van der Waals surface area contributed by atoms with Gasteiger partial charge in [-0.05, 0) is 42.0 Å². The van der Waals surface area contributed by atoms with Gasteiger partial charge in [0.05, 0.1) is 5.69 Å². The third-order valence-electron chi connectivity index (χ3n) is 5.51. The fourth-order valence-corrected chi connectivity index (χ4v) is 3.94. The van der Waals surface area contributed by atoms with Crippen molar-refractivity contribution in [2.45, 2.75) is 5.92 Å². The second-order valence-corrected chi connectivity index (χ2v) is 7.30. The molecule has 0 radical (unpaired) electrons. The van der Waals surface area contributed by atoms with Crippen molar-refractivity contribution >= 4 is 16.9 Å². The lowest BCUT2D eigenvalue weighted by Crippen LogP contribution is -2.48. The van der Waals surface area contributed by atoms with Crippen molar-refractivity contribution in [2.75, 3.05) is 13.1 Å². The first-order chi connectivity index (χ1) is 14.7. The van der Waals surface area contributed by atoms with E-state index in [1.54, 1.807) is 29.4 Å². The SMILES string of the molecule is C=CC(=O)N1CC(c2[nH]c3nnc(-c4ccccc4O)cc3c2-c2ccncc2)C1. The van der Waals surface area contributed by atoms with Crippen LogP contribution in [0, 0.1) is 0 Å². The average molecular weight is 397 g/mol. The molecule has 0 bridgehead atoms. The predicted octanol–water partition coefficient (Wildman–Crippen LogP) is 3.50. The predicted molar refractivity (Wildman–Crippen MR) is 114 cm³/mol. The zero-order chi connectivity index (χ0) is 20.7. The van der Waals surface area contributed by atoms with Gasteiger partial charge in [-0.1, -0.05) is 18.7 Å². The molecule has 0 atom stereocenters. The van der Waals surface area contributed by atoms with Crippen molar-refractivity contribution in [1.82, 2.24) is 25.1 Å². The molecule has 1 amide bonds. The Bertz CT molecular complexity index is 1260. The van der Waals surface area contributed by atoms with E-state index in [1.807, 2.05) is 30.3 Å². The summed E-state index contributed by atoms with van der Waals surface area (Å²) in [6.45, 7) is 4.80. The molecule has 0 spiro atoms. The highest BCUT2D eigenvalue weighted by molar-refractivity contribution is 5.98. The van der Waals surface area contributed by atoms with E-state index in [4.69, 9.17) is 0 Å². The third kappa shape index (κ3) is 2.91. The molecule has 1 fully saturated rings. The van der Waals surface area contributed by atoms with Crippen LogP contribution in [0.4, 0.5) is 0 Å². The van der Waals surface area contributed by atoms with Crippen LogP contribution in [0.25, 0.3) is 33.4 Å². The van der Waals surface area contributed by atoms with Gasteiger partial charge in [-0.2, -0.15) is 0 Å². The monoisotopic (exact) mass is 397 g/mol. The number of nitrogens with zero attached hydrogens (tertiary/aromatic N) is 4. The molecule has 1 aliphatic heterocycles. The Morgan fingerprint density at radius 3 is 2.67 bits per heavy atom. The van der Waals surface area contributed by atoms with Crippen LogP contribution in [-0.4, -0.2) is 49.2 Å². The summed E-state index contributed by atoms with van der Waals surface area (Å²) in [5, 5.41) is 19.9. The largest absolute Gasteiger partial charge is 0.507 e. The quantitative estimate of drug-likeness (QED) is 0.514. The zero-order valence-electron chi connectivity index (χ0n) is 16.1. The topological polar surface area (TPSA) is 95.0 Å². The average Bonchev–Trinajstić information content (AvgIpc) is 3.11. The van der Waals surface area contributed by atoms with Crippen LogP contribution in [-0.2, 0) is 4.79 Å². The molecule has 1 aliphatic rings. The van der Waals surface area contributed by atoms with E-state index in [1.165, 1.54) is 6.08 Å². The smallest absolute Gasteiger partial charge is 0.245 e. The summed E-state index contributed by atoms with van der Waals surface area (Å²) >= 11 is 0. The number of carbonyl (C=O) groups is 1. The van der Waals surface area contributed by atoms with E-state index in [0.29, 0.717) is 30.0 Å². The van der Waals surface area contributed by atoms with E-state index in [0.717, 1.165) is 22.2 Å². The zero-order valence-corrected chi connectivity index (χ0v) is 16.1. The summed E-state index contributed by atoms with van der Waals surface area (Å²) in [5.41, 5.74) is 4.95. The fraction of sp³-hybridized carbons (Fsp3) is 0.130. The van der Waals surface area contributed by atoms with E-state index >= 15 is 0 Å². The maximum Gasteiger partial charge on any atom is 0.245 e. The van der Waals surface area contributed by atoms with Gasteiger partial charge in [-0.25, -0.2) is 0 Å². The number of aromatic nitrogens is 4. The highest BCUT2D eigenvalue weighted by Crippen LogP contribution is 2.40. The number of H-pyrrole nitrogens is 1. The van der Waals surface area contributed by atoms with Crippen molar-refractivity contribution < 1.29 is 9.90 Å². The molecule has 4 heterocycles. The van der Waals surface area contributed by atoms with Gasteiger partial charge in [0.2, 0.25) is 5.91 Å². The van der Waals surface area contributed by atoms with Crippen LogP contribution < -0.4 is 0 Å². The maximum atomic E-state index is 11.9. The normalized spacial score (nSPS) is 13.9. The molecule has 1 aromatic carbocycles. The third-order valence-corrected chi connectivity index (χ3v) is 5.51. The molecule has 4 aromatic rings. The van der Waals surface area contributed by atoms with E-state index < -0.39 is 0 Å². The molecule has 7 nitrogen and oxygen atoms in total. The Labute approximate surface area is 172 Å². The van der Waals surface area contributed by atoms with E-state index in [9.17, 15) is 9.90 Å². The molecule has 5 rings (SSSR count). The van der Waals surface area contributed by atoms with E-state index in [2.05, 4.69) is 26.7 Å². The van der Waals surface area contributed by atoms with Crippen molar-refractivity contribution in [1.29, 1.82) is 0 Å². The van der Waals surface area contributed by atoms with Crippen molar-refractivity contribution in [3.05, 3.63) is 73.2 Å². The summed E-state index contributed by atoms with van der Waals surface area (Å²) in [6.07, 6.45) is 4.85. The number of nitrogens with one attached hydrogen (secondary N) is 1. The number of phenolic OH excluding ortho intramolecular Hbond substituents is 1. The number of aromatic hydroxyl groups is 1. The van der Waals surface area contributed by atoms with Crippen LogP contribution >= 0.6 is 0 Å². The first-order valence-electron chi connectivity index (χ1n) is 9.65. The van der Waals surface area contributed by atoms with Crippen molar-refractivity contribution in [2.24, 2.45) is 0 Å². The molecule has 0 aliphatic carbocycles. The highest BCUT2D eigenvalue weighted by atomic mass is 16.3. The molecule has 30 heavy (non-hydrogen) atoms. The fourth-order valence-electron chi connectivity index (χ4n) is 3.94. The number of aromatic amines is 1. The molecular weight excluding hydrogens is 378 g/mol. The molecule has 3 aromatic heterocycles. The molecule has 2 N–H and O–H groups in total. The molecule has 0 saturated carbocycles. The Kier molecular flexibility index (Phi) is 4.28. The lowest BCUT2D eigenvalue weighted by Gasteiger charge is -2.38. The lowest BCUT2D eigenvalue weighted by atomic mass is 9.90. The summed E-state index contributed by atoms with van der Waals surface area (Å²) in [5.74, 6) is 0.263. The summed E-state index contributed by atoms with van der Waals surface area (Å²) in [6, 6.07) is 12.9. The number of pyridine rings is 1. The molecular formula is C23H19N5O2. The second-order valence-electron chi connectivity index (χ2n) is 7.30. The van der Waals surface area contributed by atoms with Crippen LogP contribution in [0.3, 0.4) is 0 Å². The first-order valence-corrected chi connectivity index (χ1v) is 9.65. The van der Waals surface area contributed by atoms with Crippen LogP contribution in [0.2, 0.25) is 0 Å². The lowest BCUT2D eigenvalue weighted by molar-refractivity contribution is -0.130. The Morgan fingerprint density at radius 2 is 1.93 bits per heavy atom. The first kappa shape index (κ1) is 18.1. The maximum absolute atomic E-state index is 11.9. The van der Waals surface area contributed by atoms with E-state index in [-0.39, 0.29) is 17.6 Å². The van der Waals surface area contributed by atoms with Gasteiger partial charge in [0.15, 0.2) is 5.65 Å². The van der Waals surface area contributed by atoms with Gasteiger partial charge in [0, 0.05) is 53.6 Å². The minimum absolute atomic E-state index is 0.0607.